The normalized spacial score (nSPS) is 9.95. The molecule has 0 heterocycles. The molecule has 0 aliphatic heterocycles. The van der Waals surface area contributed by atoms with Crippen LogP contribution in [0.1, 0.15) is 11.1 Å². The van der Waals surface area contributed by atoms with E-state index in [2.05, 4.69) is 15.9 Å². The van der Waals surface area contributed by atoms with Crippen molar-refractivity contribution in [3.05, 3.63) is 67.1 Å². The lowest BCUT2D eigenvalue weighted by Crippen LogP contribution is -1.99. The van der Waals surface area contributed by atoms with E-state index >= 15 is 0 Å². The molecule has 0 radical (unpaired) electrons. The molecule has 2 aromatic rings. The van der Waals surface area contributed by atoms with Gasteiger partial charge >= 0.3 is 0 Å². The fourth-order valence-electron chi connectivity index (χ4n) is 1.64. The molecule has 0 aromatic heterocycles. The van der Waals surface area contributed by atoms with Crippen molar-refractivity contribution in [3.8, 4) is 11.8 Å². The lowest BCUT2D eigenvalue weighted by atomic mass is 10.2. The fraction of sp³-hybridized carbons (Fsp3) is 0.0714. The van der Waals surface area contributed by atoms with E-state index in [0.29, 0.717) is 16.9 Å². The maximum atomic E-state index is 10.6. The van der Waals surface area contributed by atoms with E-state index < -0.39 is 4.92 Å². The van der Waals surface area contributed by atoms with Crippen LogP contribution in [0, 0.1) is 21.4 Å². The first-order chi connectivity index (χ1) is 10.0. The van der Waals surface area contributed by atoms with Gasteiger partial charge in [0, 0.05) is 22.2 Å². The van der Waals surface area contributed by atoms with Gasteiger partial charge in [-0.15, -0.1) is 0 Å². The van der Waals surface area contributed by atoms with Crippen LogP contribution in [-0.2, 0) is 6.61 Å². The van der Waals surface area contributed by atoms with Gasteiger partial charge in [-0.05, 0) is 24.3 Å². The van der Waals surface area contributed by atoms with Crippen LogP contribution < -0.4 is 4.74 Å². The first kappa shape index (κ1) is 15.3. The predicted octanol–water partition coefficient (Wildman–Crippen LogP) is 4.46. The summed E-state index contributed by atoms with van der Waals surface area (Å²) in [6.07, 6.45) is 0. The van der Waals surface area contributed by atoms with Crippen LogP contribution in [0.2, 0.25) is 5.02 Å². The second-order valence-electron chi connectivity index (χ2n) is 4.07. The highest BCUT2D eigenvalue weighted by Gasteiger charge is 2.11. The molecule has 0 amide bonds. The number of ether oxygens (including phenoxy) is 1. The molecule has 21 heavy (non-hydrogen) atoms. The molecule has 0 N–H and O–H groups in total. The van der Waals surface area contributed by atoms with Crippen molar-refractivity contribution in [2.24, 2.45) is 0 Å². The third-order valence-corrected chi connectivity index (χ3v) is 3.54. The van der Waals surface area contributed by atoms with E-state index in [1.54, 1.807) is 18.2 Å². The van der Waals surface area contributed by atoms with Crippen molar-refractivity contribution in [1.29, 1.82) is 5.26 Å². The number of nitro groups is 1. The molecular formula is C14H8BrClN2O3. The Labute approximate surface area is 134 Å². The van der Waals surface area contributed by atoms with Gasteiger partial charge in [-0.25, -0.2) is 0 Å². The SMILES string of the molecule is N#Cc1cc(Br)ccc1OCc1ccc([N+](=O)[O-])cc1Cl. The van der Waals surface area contributed by atoms with Crippen molar-refractivity contribution < 1.29 is 9.66 Å². The number of nitrogens with zero attached hydrogens (tertiary/aromatic N) is 2. The average molecular weight is 368 g/mol. The molecule has 2 rings (SSSR count). The molecule has 5 nitrogen and oxygen atoms in total. The molecule has 0 saturated heterocycles. The molecule has 0 atom stereocenters. The van der Waals surface area contributed by atoms with E-state index in [4.69, 9.17) is 21.6 Å². The summed E-state index contributed by atoms with van der Waals surface area (Å²) in [5, 5.41) is 19.9. The summed E-state index contributed by atoms with van der Waals surface area (Å²) in [6.45, 7) is 0.118. The molecule has 0 saturated carbocycles. The maximum absolute atomic E-state index is 10.6. The highest BCUT2D eigenvalue weighted by atomic mass is 79.9. The molecule has 0 fully saturated rings. The lowest BCUT2D eigenvalue weighted by Gasteiger charge is -2.09. The van der Waals surface area contributed by atoms with Crippen molar-refractivity contribution in [3.63, 3.8) is 0 Å². The smallest absolute Gasteiger partial charge is 0.270 e. The highest BCUT2D eigenvalue weighted by Crippen LogP contribution is 2.26. The molecular weight excluding hydrogens is 360 g/mol. The number of rotatable bonds is 4. The number of halogens is 2. The van der Waals surface area contributed by atoms with Gasteiger partial charge in [-0.3, -0.25) is 10.1 Å². The van der Waals surface area contributed by atoms with Crippen molar-refractivity contribution in [2.45, 2.75) is 6.61 Å². The number of nitriles is 1. The van der Waals surface area contributed by atoms with Crippen LogP contribution in [0.4, 0.5) is 5.69 Å². The second-order valence-corrected chi connectivity index (χ2v) is 5.40. The topological polar surface area (TPSA) is 76.2 Å². The molecule has 106 valence electrons. The third kappa shape index (κ3) is 3.72. The molecule has 7 heteroatoms. The summed E-state index contributed by atoms with van der Waals surface area (Å²) in [6, 6.07) is 11.3. The zero-order valence-electron chi connectivity index (χ0n) is 10.5. The van der Waals surface area contributed by atoms with Gasteiger partial charge in [0.25, 0.3) is 5.69 Å². The fourth-order valence-corrected chi connectivity index (χ4v) is 2.23. The number of hydrogen-bond acceptors (Lipinski definition) is 4. The Bertz CT molecular complexity index is 743. The summed E-state index contributed by atoms with van der Waals surface area (Å²) in [4.78, 5) is 10.1. The Morgan fingerprint density at radius 2 is 2.10 bits per heavy atom. The largest absolute Gasteiger partial charge is 0.487 e. The highest BCUT2D eigenvalue weighted by molar-refractivity contribution is 9.10. The monoisotopic (exact) mass is 366 g/mol. The Morgan fingerprint density at radius 3 is 2.71 bits per heavy atom. The zero-order chi connectivity index (χ0) is 15.4. The molecule has 0 unspecified atom stereocenters. The van der Waals surface area contributed by atoms with Crippen molar-refractivity contribution in [2.75, 3.05) is 0 Å². The predicted molar refractivity (Wildman–Crippen MR) is 81.3 cm³/mol. The minimum absolute atomic E-state index is 0.0786. The molecule has 0 bridgehead atoms. The Kier molecular flexibility index (Phi) is 4.78. The first-order valence-corrected chi connectivity index (χ1v) is 6.93. The number of benzene rings is 2. The van der Waals surface area contributed by atoms with Gasteiger partial charge in [0.2, 0.25) is 0 Å². The van der Waals surface area contributed by atoms with E-state index in [1.165, 1.54) is 18.2 Å². The molecule has 0 aliphatic carbocycles. The zero-order valence-corrected chi connectivity index (χ0v) is 12.9. The summed E-state index contributed by atoms with van der Waals surface area (Å²) < 4.78 is 6.33. The third-order valence-electron chi connectivity index (χ3n) is 2.69. The maximum Gasteiger partial charge on any atom is 0.270 e. The second kappa shape index (κ2) is 6.57. The number of nitro benzene ring substituents is 1. The van der Waals surface area contributed by atoms with Gasteiger partial charge in [0.05, 0.1) is 15.5 Å². The van der Waals surface area contributed by atoms with Crippen LogP contribution in [-0.4, -0.2) is 4.92 Å². The summed E-state index contributed by atoms with van der Waals surface area (Å²) >= 11 is 9.26. The van der Waals surface area contributed by atoms with Crippen molar-refractivity contribution in [1.82, 2.24) is 0 Å². The standard InChI is InChI=1S/C14H8BrClN2O3/c15-11-2-4-14(10(5-11)7-17)21-8-9-1-3-12(18(19)20)6-13(9)16/h1-6H,8H2. The summed E-state index contributed by atoms with van der Waals surface area (Å²) in [5.41, 5.74) is 0.918. The Hall–Kier alpha value is -2.10. The number of hydrogen-bond donors (Lipinski definition) is 0. The van der Waals surface area contributed by atoms with E-state index in [1.807, 2.05) is 6.07 Å². The molecule has 0 aliphatic rings. The van der Waals surface area contributed by atoms with Crippen molar-refractivity contribution >= 4 is 33.2 Å². The van der Waals surface area contributed by atoms with E-state index in [9.17, 15) is 10.1 Å². The van der Waals surface area contributed by atoms with E-state index in [-0.39, 0.29) is 17.3 Å². The quantitative estimate of drug-likeness (QED) is 0.590. The molecule has 2 aromatic carbocycles. The minimum atomic E-state index is -0.515. The average Bonchev–Trinajstić information content (AvgIpc) is 2.46. The van der Waals surface area contributed by atoms with Gasteiger partial charge < -0.3 is 4.74 Å². The van der Waals surface area contributed by atoms with Crippen LogP contribution in [0.15, 0.2) is 40.9 Å². The first-order valence-electron chi connectivity index (χ1n) is 5.76. The Morgan fingerprint density at radius 1 is 1.33 bits per heavy atom. The summed E-state index contributed by atoms with van der Waals surface area (Å²) in [5.74, 6) is 0.426. The number of non-ortho nitro benzene ring substituents is 1. The van der Waals surface area contributed by atoms with Crippen LogP contribution in [0.3, 0.4) is 0 Å². The molecule has 0 spiro atoms. The minimum Gasteiger partial charge on any atom is -0.487 e. The van der Waals surface area contributed by atoms with Crippen LogP contribution >= 0.6 is 27.5 Å². The summed E-state index contributed by atoms with van der Waals surface area (Å²) in [7, 11) is 0. The van der Waals surface area contributed by atoms with Gasteiger partial charge in [0.1, 0.15) is 18.4 Å². The Balaban J connectivity index is 2.17. The van der Waals surface area contributed by atoms with Crippen LogP contribution in [0.5, 0.6) is 5.75 Å². The van der Waals surface area contributed by atoms with E-state index in [0.717, 1.165) is 4.47 Å². The van der Waals surface area contributed by atoms with Gasteiger partial charge in [-0.2, -0.15) is 5.26 Å². The van der Waals surface area contributed by atoms with Gasteiger partial charge in [-0.1, -0.05) is 27.5 Å². The van der Waals surface area contributed by atoms with Crippen LogP contribution in [0.25, 0.3) is 0 Å². The lowest BCUT2D eigenvalue weighted by molar-refractivity contribution is -0.384. The van der Waals surface area contributed by atoms with Gasteiger partial charge in [0.15, 0.2) is 0 Å².